The molecule has 2 rings (SSSR count). The highest BCUT2D eigenvalue weighted by Crippen LogP contribution is 2.33. The highest BCUT2D eigenvalue weighted by atomic mass is 16.5. The number of nitrogens with zero attached hydrogens (tertiary/aromatic N) is 1. The zero-order valence-corrected chi connectivity index (χ0v) is 12.2. The lowest BCUT2D eigenvalue weighted by molar-refractivity contribution is -0.137. The van der Waals surface area contributed by atoms with Gasteiger partial charge in [-0.1, -0.05) is 12.1 Å². The molecular weight excluding hydrogens is 288 g/mol. The molecule has 0 aliphatic carbocycles. The predicted octanol–water partition coefficient (Wildman–Crippen LogP) is 0.782. The maximum atomic E-state index is 12.2. The highest BCUT2D eigenvalue weighted by Gasteiger charge is 2.31. The third-order valence-electron chi connectivity index (χ3n) is 3.30. The minimum absolute atomic E-state index is 0.0816. The van der Waals surface area contributed by atoms with Gasteiger partial charge in [0.25, 0.3) is 5.91 Å². The van der Waals surface area contributed by atoms with Crippen LogP contribution in [0.5, 0.6) is 5.75 Å². The van der Waals surface area contributed by atoms with Crippen molar-refractivity contribution in [1.82, 2.24) is 5.32 Å². The molecule has 0 fully saturated rings. The molecule has 2 amide bonds. The zero-order chi connectivity index (χ0) is 16.1. The van der Waals surface area contributed by atoms with Gasteiger partial charge in [0.15, 0.2) is 6.10 Å². The van der Waals surface area contributed by atoms with Gasteiger partial charge in [0.1, 0.15) is 5.75 Å². The SMILES string of the molecule is C[C@@H]1Oc2ccccc2N(CCC(=O)NCCC(=O)O)C1=O. The van der Waals surface area contributed by atoms with Crippen molar-refractivity contribution in [3.63, 3.8) is 0 Å². The van der Waals surface area contributed by atoms with Gasteiger partial charge in [0.05, 0.1) is 12.1 Å². The molecule has 7 nitrogen and oxygen atoms in total. The van der Waals surface area contributed by atoms with E-state index in [0.29, 0.717) is 11.4 Å². The fourth-order valence-electron chi connectivity index (χ4n) is 2.20. The van der Waals surface area contributed by atoms with Crippen LogP contribution in [0.1, 0.15) is 19.8 Å². The van der Waals surface area contributed by atoms with Crippen molar-refractivity contribution in [1.29, 1.82) is 0 Å². The third-order valence-corrected chi connectivity index (χ3v) is 3.30. The molecule has 0 saturated heterocycles. The quantitative estimate of drug-likeness (QED) is 0.809. The molecule has 0 unspecified atom stereocenters. The molecule has 0 spiro atoms. The summed E-state index contributed by atoms with van der Waals surface area (Å²) in [6, 6.07) is 7.16. The number of nitrogens with one attached hydrogen (secondary N) is 1. The summed E-state index contributed by atoms with van der Waals surface area (Å²) in [4.78, 5) is 35.8. The van der Waals surface area contributed by atoms with Crippen molar-refractivity contribution in [3.05, 3.63) is 24.3 Å². The molecular formula is C15H18N2O5. The van der Waals surface area contributed by atoms with Crippen molar-refractivity contribution in [2.45, 2.75) is 25.9 Å². The lowest BCUT2D eigenvalue weighted by atomic mass is 10.1. The largest absolute Gasteiger partial charge is 0.481 e. The molecule has 0 saturated carbocycles. The van der Waals surface area contributed by atoms with Crippen molar-refractivity contribution < 1.29 is 24.2 Å². The van der Waals surface area contributed by atoms with Crippen LogP contribution in [0.2, 0.25) is 0 Å². The van der Waals surface area contributed by atoms with E-state index in [-0.39, 0.29) is 37.7 Å². The van der Waals surface area contributed by atoms with E-state index >= 15 is 0 Å². The van der Waals surface area contributed by atoms with Crippen LogP contribution < -0.4 is 15.0 Å². The number of ether oxygens (including phenoxy) is 1. The Morgan fingerprint density at radius 2 is 2.05 bits per heavy atom. The standard InChI is InChI=1S/C15H18N2O5/c1-10-15(21)17(11-4-2-3-5-12(11)22-10)9-7-13(18)16-8-6-14(19)20/h2-5,10H,6-9H2,1H3,(H,16,18)(H,19,20)/t10-/m0/s1. The monoisotopic (exact) mass is 306 g/mol. The molecule has 2 N–H and O–H groups in total. The molecule has 1 aromatic rings. The molecule has 1 atom stereocenters. The smallest absolute Gasteiger partial charge is 0.305 e. The number of aliphatic carboxylic acids is 1. The van der Waals surface area contributed by atoms with Gasteiger partial charge < -0.3 is 20.1 Å². The van der Waals surface area contributed by atoms with Gasteiger partial charge in [-0.2, -0.15) is 0 Å². The van der Waals surface area contributed by atoms with Gasteiger partial charge in [-0.05, 0) is 19.1 Å². The van der Waals surface area contributed by atoms with E-state index in [1.807, 2.05) is 6.07 Å². The Morgan fingerprint density at radius 3 is 2.77 bits per heavy atom. The maximum Gasteiger partial charge on any atom is 0.305 e. The van der Waals surface area contributed by atoms with Gasteiger partial charge in [-0.3, -0.25) is 14.4 Å². The van der Waals surface area contributed by atoms with Crippen LogP contribution in [0.25, 0.3) is 0 Å². The van der Waals surface area contributed by atoms with Gasteiger partial charge in [0, 0.05) is 19.5 Å². The summed E-state index contributed by atoms with van der Waals surface area (Å²) in [6.07, 6.45) is -0.612. The number of anilines is 1. The first-order valence-corrected chi connectivity index (χ1v) is 7.04. The van der Waals surface area contributed by atoms with Crippen molar-refractivity contribution >= 4 is 23.5 Å². The molecule has 118 valence electrons. The van der Waals surface area contributed by atoms with Gasteiger partial charge >= 0.3 is 5.97 Å². The number of hydrogen-bond acceptors (Lipinski definition) is 4. The van der Waals surface area contributed by atoms with Crippen LogP contribution in [0.3, 0.4) is 0 Å². The number of benzene rings is 1. The normalized spacial score (nSPS) is 16.7. The first kappa shape index (κ1) is 15.8. The van der Waals surface area contributed by atoms with Gasteiger partial charge in [-0.15, -0.1) is 0 Å². The summed E-state index contributed by atoms with van der Waals surface area (Å²) in [6.45, 7) is 1.97. The summed E-state index contributed by atoms with van der Waals surface area (Å²) in [7, 11) is 0. The molecule has 1 heterocycles. The average molecular weight is 306 g/mol. The fourth-order valence-corrected chi connectivity index (χ4v) is 2.20. The van der Waals surface area contributed by atoms with Gasteiger partial charge in [-0.25, -0.2) is 0 Å². The molecule has 22 heavy (non-hydrogen) atoms. The second kappa shape index (κ2) is 6.93. The van der Waals surface area contributed by atoms with Crippen LogP contribution in [0.4, 0.5) is 5.69 Å². The third kappa shape index (κ3) is 3.75. The van der Waals surface area contributed by atoms with Crippen molar-refractivity contribution in [2.24, 2.45) is 0 Å². The van der Waals surface area contributed by atoms with E-state index in [2.05, 4.69) is 5.32 Å². The van der Waals surface area contributed by atoms with Crippen LogP contribution in [0.15, 0.2) is 24.3 Å². The summed E-state index contributed by atoms with van der Waals surface area (Å²) in [5, 5.41) is 11.0. The number of carboxylic acid groups (broad SMARTS) is 1. The molecule has 0 bridgehead atoms. The summed E-state index contributed by atoms with van der Waals surface area (Å²) >= 11 is 0. The van der Waals surface area contributed by atoms with E-state index in [0.717, 1.165) is 0 Å². The molecule has 0 radical (unpaired) electrons. The van der Waals surface area contributed by atoms with E-state index < -0.39 is 12.1 Å². The van der Waals surface area contributed by atoms with E-state index in [1.54, 1.807) is 25.1 Å². The zero-order valence-electron chi connectivity index (χ0n) is 12.2. The second-order valence-electron chi connectivity index (χ2n) is 4.96. The predicted molar refractivity (Wildman–Crippen MR) is 78.8 cm³/mol. The number of carboxylic acids is 1. The van der Waals surface area contributed by atoms with E-state index in [9.17, 15) is 14.4 Å². The highest BCUT2D eigenvalue weighted by molar-refractivity contribution is 6.00. The first-order chi connectivity index (χ1) is 10.5. The van der Waals surface area contributed by atoms with Crippen LogP contribution in [0, 0.1) is 0 Å². The Morgan fingerprint density at radius 1 is 1.32 bits per heavy atom. The number of amides is 2. The number of fused-ring (bicyclic) bond motifs is 1. The Balaban J connectivity index is 1.95. The molecule has 1 aromatic carbocycles. The average Bonchev–Trinajstić information content (AvgIpc) is 2.47. The lowest BCUT2D eigenvalue weighted by Gasteiger charge is -2.32. The van der Waals surface area contributed by atoms with E-state index in [1.165, 1.54) is 4.90 Å². The maximum absolute atomic E-state index is 12.2. The Kier molecular flexibility index (Phi) is 4.98. The number of hydrogen-bond donors (Lipinski definition) is 2. The summed E-state index contributed by atoms with van der Waals surface area (Å²) in [5.74, 6) is -0.838. The number of carbonyl (C=O) groups excluding carboxylic acids is 2. The second-order valence-corrected chi connectivity index (χ2v) is 4.96. The first-order valence-electron chi connectivity index (χ1n) is 7.04. The Labute approximate surface area is 127 Å². The molecule has 7 heteroatoms. The van der Waals surface area contributed by atoms with Crippen LogP contribution in [-0.4, -0.2) is 42.1 Å². The number of para-hydroxylation sites is 2. The lowest BCUT2D eigenvalue weighted by Crippen LogP contribution is -2.45. The minimum Gasteiger partial charge on any atom is -0.481 e. The van der Waals surface area contributed by atoms with Gasteiger partial charge in [0.2, 0.25) is 5.91 Å². The molecule has 0 aromatic heterocycles. The Hall–Kier alpha value is -2.57. The van der Waals surface area contributed by atoms with Crippen molar-refractivity contribution in [2.75, 3.05) is 18.0 Å². The Bertz CT molecular complexity index is 587. The fraction of sp³-hybridized carbons (Fsp3) is 0.400. The summed E-state index contributed by atoms with van der Waals surface area (Å²) < 4.78 is 5.52. The summed E-state index contributed by atoms with van der Waals surface area (Å²) in [5.41, 5.74) is 0.643. The minimum atomic E-state index is -0.966. The molecule has 1 aliphatic heterocycles. The van der Waals surface area contributed by atoms with Crippen molar-refractivity contribution in [3.8, 4) is 5.75 Å². The number of rotatable bonds is 6. The van der Waals surface area contributed by atoms with Crippen LogP contribution >= 0.6 is 0 Å². The topological polar surface area (TPSA) is 95.9 Å². The number of carbonyl (C=O) groups is 3. The van der Waals surface area contributed by atoms with Crippen LogP contribution in [-0.2, 0) is 14.4 Å². The molecule has 1 aliphatic rings. The van der Waals surface area contributed by atoms with E-state index in [4.69, 9.17) is 9.84 Å².